The number of rotatable bonds is 4. The Kier molecular flexibility index (Phi) is 6.15. The third-order valence-corrected chi connectivity index (χ3v) is 6.29. The molecular formula is C24H27F3N2O4. The second kappa shape index (κ2) is 8.62. The molecule has 2 aromatic rings. The van der Waals surface area contributed by atoms with Crippen molar-refractivity contribution in [3.63, 3.8) is 0 Å². The zero-order valence-corrected chi connectivity index (χ0v) is 18.6. The van der Waals surface area contributed by atoms with Gasteiger partial charge in [-0.25, -0.2) is 0 Å². The first-order chi connectivity index (χ1) is 15.5. The van der Waals surface area contributed by atoms with E-state index in [1.54, 1.807) is 18.2 Å². The number of halogens is 3. The zero-order chi connectivity index (χ0) is 24.1. The van der Waals surface area contributed by atoms with Crippen molar-refractivity contribution in [1.82, 2.24) is 10.1 Å². The van der Waals surface area contributed by atoms with Gasteiger partial charge in [-0.1, -0.05) is 43.3 Å². The summed E-state index contributed by atoms with van der Waals surface area (Å²) in [7, 11) is 2.00. The molecule has 3 atom stereocenters. The Labute approximate surface area is 189 Å². The van der Waals surface area contributed by atoms with E-state index >= 15 is 0 Å². The molecule has 0 bridgehead atoms. The highest BCUT2D eigenvalue weighted by Crippen LogP contribution is 2.44. The number of likely N-dealkylation sites (N-methyl/N-ethyl adjacent to an activating group) is 1. The molecule has 178 valence electrons. The third-order valence-electron chi connectivity index (χ3n) is 6.29. The van der Waals surface area contributed by atoms with Gasteiger partial charge < -0.3 is 24.7 Å². The monoisotopic (exact) mass is 464 g/mol. The van der Waals surface area contributed by atoms with Gasteiger partial charge in [-0.2, -0.15) is 13.2 Å². The fourth-order valence-electron chi connectivity index (χ4n) is 4.48. The van der Waals surface area contributed by atoms with Crippen LogP contribution >= 0.6 is 0 Å². The average molecular weight is 464 g/mol. The van der Waals surface area contributed by atoms with Crippen LogP contribution in [0.2, 0.25) is 0 Å². The lowest BCUT2D eigenvalue weighted by molar-refractivity contribution is -0.208. The second-order valence-corrected chi connectivity index (χ2v) is 9.07. The topological polar surface area (TPSA) is 90.0 Å². The number of allylic oxidation sites excluding steroid dienone is 1. The molecule has 6 nitrogen and oxygen atoms in total. The van der Waals surface area contributed by atoms with Crippen molar-refractivity contribution in [3.05, 3.63) is 64.3 Å². The Morgan fingerprint density at radius 1 is 1.18 bits per heavy atom. The number of aliphatic hydroxyl groups is 3. The van der Waals surface area contributed by atoms with Crippen molar-refractivity contribution >= 4 is 0 Å². The van der Waals surface area contributed by atoms with Crippen molar-refractivity contribution in [3.8, 4) is 11.1 Å². The molecule has 33 heavy (non-hydrogen) atoms. The van der Waals surface area contributed by atoms with Gasteiger partial charge in [0.25, 0.3) is 0 Å². The van der Waals surface area contributed by atoms with Gasteiger partial charge in [-0.3, -0.25) is 0 Å². The molecule has 0 fully saturated rings. The van der Waals surface area contributed by atoms with E-state index in [9.17, 15) is 28.5 Å². The summed E-state index contributed by atoms with van der Waals surface area (Å²) in [5.41, 5.74) is 2.43. The Hall–Kier alpha value is -2.62. The van der Waals surface area contributed by atoms with E-state index in [0.29, 0.717) is 11.1 Å². The van der Waals surface area contributed by atoms with E-state index in [2.05, 4.69) is 10.1 Å². The lowest BCUT2D eigenvalue weighted by Crippen LogP contribution is -2.26. The zero-order valence-electron chi connectivity index (χ0n) is 18.6. The van der Waals surface area contributed by atoms with Crippen molar-refractivity contribution in [2.75, 3.05) is 13.6 Å². The molecule has 0 saturated carbocycles. The van der Waals surface area contributed by atoms with Crippen molar-refractivity contribution in [2.45, 2.75) is 51.1 Å². The summed E-state index contributed by atoms with van der Waals surface area (Å²) >= 11 is 0. The minimum atomic E-state index is -4.94. The predicted octanol–water partition coefficient (Wildman–Crippen LogP) is 4.41. The highest BCUT2D eigenvalue weighted by atomic mass is 19.4. The van der Waals surface area contributed by atoms with E-state index in [1.165, 1.54) is 6.08 Å². The summed E-state index contributed by atoms with van der Waals surface area (Å²) in [6.07, 6.45) is -5.45. The SMILES string of the molecule is CC(C)C1=CC(c2onc(C(O)C(F)(F)F)c2-c2ccc3c(c2)CCN(C)C3)C(O)C=C1O. The van der Waals surface area contributed by atoms with E-state index < -0.39 is 30.0 Å². The van der Waals surface area contributed by atoms with E-state index in [1.807, 2.05) is 27.0 Å². The van der Waals surface area contributed by atoms with Crippen LogP contribution in [0.1, 0.15) is 48.5 Å². The van der Waals surface area contributed by atoms with Gasteiger partial charge in [0.2, 0.25) is 0 Å². The number of nitrogens with zero attached hydrogens (tertiary/aromatic N) is 2. The average Bonchev–Trinajstić information content (AvgIpc) is 3.16. The number of benzene rings is 1. The highest BCUT2D eigenvalue weighted by molar-refractivity contribution is 5.71. The minimum absolute atomic E-state index is 0.00979. The number of hydrogen-bond donors (Lipinski definition) is 3. The Morgan fingerprint density at radius 3 is 2.58 bits per heavy atom. The number of aliphatic hydroxyl groups excluding tert-OH is 3. The van der Waals surface area contributed by atoms with Crippen molar-refractivity contribution in [1.29, 1.82) is 0 Å². The summed E-state index contributed by atoms with van der Waals surface area (Å²) in [5, 5.41) is 34.5. The molecule has 3 unspecified atom stereocenters. The molecule has 0 radical (unpaired) electrons. The number of fused-ring (bicyclic) bond motifs is 1. The summed E-state index contributed by atoms with van der Waals surface area (Å²) < 4.78 is 45.7. The van der Waals surface area contributed by atoms with Crippen LogP contribution in [0.15, 0.2) is 46.2 Å². The van der Waals surface area contributed by atoms with Gasteiger partial charge in [-0.05, 0) is 47.7 Å². The third kappa shape index (κ3) is 4.45. The smallest absolute Gasteiger partial charge is 0.420 e. The molecule has 9 heteroatoms. The van der Waals surface area contributed by atoms with Gasteiger partial charge in [-0.15, -0.1) is 0 Å². The maximum absolute atomic E-state index is 13.5. The first-order valence-electron chi connectivity index (χ1n) is 10.8. The summed E-state index contributed by atoms with van der Waals surface area (Å²) in [5.74, 6) is -1.04. The normalized spacial score (nSPS) is 22.7. The van der Waals surface area contributed by atoms with Gasteiger partial charge >= 0.3 is 6.18 Å². The molecule has 0 saturated heterocycles. The van der Waals surface area contributed by atoms with Gasteiger partial charge in [0.05, 0.1) is 17.6 Å². The Bertz CT molecular complexity index is 1100. The van der Waals surface area contributed by atoms with E-state index in [0.717, 1.165) is 30.6 Å². The van der Waals surface area contributed by atoms with E-state index in [4.69, 9.17) is 4.52 Å². The van der Waals surface area contributed by atoms with Crippen molar-refractivity contribution in [2.24, 2.45) is 5.92 Å². The molecule has 1 aromatic carbocycles. The molecule has 2 heterocycles. The number of hydrogen-bond acceptors (Lipinski definition) is 6. The molecule has 1 aromatic heterocycles. The fraction of sp³-hybridized carbons (Fsp3) is 0.458. The standard InChI is InChI=1S/C24H27F3N2O4/c1-12(2)16-9-17(19(31)10-18(16)30)22-20(21(28-33-22)23(32)24(25,26)27)14-4-5-15-11-29(3)7-6-13(15)8-14/h4-5,8-10,12,17,19,23,30-32H,6-7,11H2,1-3H3. The Morgan fingerprint density at radius 2 is 1.91 bits per heavy atom. The van der Waals surface area contributed by atoms with Crippen molar-refractivity contribution < 1.29 is 33.0 Å². The molecule has 0 spiro atoms. The largest absolute Gasteiger partial charge is 0.508 e. The first-order valence-corrected chi connectivity index (χ1v) is 10.8. The number of alkyl halides is 3. The van der Waals surface area contributed by atoms with Crippen LogP contribution in [0.4, 0.5) is 13.2 Å². The quantitative estimate of drug-likeness (QED) is 0.621. The molecule has 0 amide bonds. The number of aromatic nitrogens is 1. The van der Waals surface area contributed by atoms with Crippen LogP contribution in [-0.4, -0.2) is 51.2 Å². The molecule has 2 aliphatic rings. The van der Waals surface area contributed by atoms with Crippen LogP contribution in [0.5, 0.6) is 0 Å². The van der Waals surface area contributed by atoms with Gasteiger partial charge in [0.15, 0.2) is 11.9 Å². The maximum atomic E-state index is 13.5. The molecular weight excluding hydrogens is 437 g/mol. The van der Waals surface area contributed by atoms with Crippen LogP contribution in [-0.2, 0) is 13.0 Å². The lowest BCUT2D eigenvalue weighted by atomic mass is 9.83. The fourth-order valence-corrected chi connectivity index (χ4v) is 4.48. The predicted molar refractivity (Wildman–Crippen MR) is 115 cm³/mol. The van der Waals surface area contributed by atoms with Crippen LogP contribution in [0.3, 0.4) is 0 Å². The molecule has 4 rings (SSSR count). The van der Waals surface area contributed by atoms with Gasteiger partial charge in [0, 0.05) is 13.1 Å². The first kappa shape index (κ1) is 23.5. The van der Waals surface area contributed by atoms with Gasteiger partial charge in [0.1, 0.15) is 11.5 Å². The lowest BCUT2D eigenvalue weighted by Gasteiger charge is -2.26. The minimum Gasteiger partial charge on any atom is -0.508 e. The molecule has 1 aliphatic carbocycles. The molecule has 3 N–H and O–H groups in total. The van der Waals surface area contributed by atoms with Crippen LogP contribution in [0.25, 0.3) is 11.1 Å². The Balaban J connectivity index is 1.88. The van der Waals surface area contributed by atoms with Crippen LogP contribution < -0.4 is 0 Å². The van der Waals surface area contributed by atoms with E-state index in [-0.39, 0.29) is 23.0 Å². The summed E-state index contributed by atoms with van der Waals surface area (Å²) in [4.78, 5) is 2.15. The second-order valence-electron chi connectivity index (χ2n) is 9.07. The summed E-state index contributed by atoms with van der Waals surface area (Å²) in [6, 6.07) is 5.36. The maximum Gasteiger partial charge on any atom is 0.420 e. The highest BCUT2D eigenvalue weighted by Gasteiger charge is 2.45. The van der Waals surface area contributed by atoms with Crippen LogP contribution in [0, 0.1) is 5.92 Å². The summed E-state index contributed by atoms with van der Waals surface area (Å²) in [6.45, 7) is 5.25. The molecule has 1 aliphatic heterocycles.